The minimum atomic E-state index is -0.556. The highest BCUT2D eigenvalue weighted by Gasteiger charge is 2.18. The molecule has 1 rings (SSSR count). The Morgan fingerprint density at radius 2 is 2.24 bits per heavy atom. The van der Waals surface area contributed by atoms with Gasteiger partial charge in [0.05, 0.1) is 7.11 Å². The lowest BCUT2D eigenvalue weighted by molar-refractivity contribution is -0.144. The van der Waals surface area contributed by atoms with E-state index in [-0.39, 0.29) is 18.3 Å². The number of carbonyl (C=O) groups excluding carboxylic acids is 2. The van der Waals surface area contributed by atoms with Crippen LogP contribution >= 0.6 is 12.4 Å². The zero-order chi connectivity index (χ0) is 12.0. The number of carbonyl (C=O) groups is 2. The maximum atomic E-state index is 11.5. The van der Waals surface area contributed by atoms with Crippen LogP contribution in [0.1, 0.15) is 26.2 Å². The van der Waals surface area contributed by atoms with Gasteiger partial charge in [0.1, 0.15) is 6.04 Å². The van der Waals surface area contributed by atoms with E-state index in [2.05, 4.69) is 15.4 Å². The molecule has 1 heterocycles. The number of hydrogen-bond donors (Lipinski definition) is 2. The number of ether oxygens (including phenoxy) is 1. The molecular formula is C11H21ClN2O3. The number of rotatable bonds is 5. The summed E-state index contributed by atoms with van der Waals surface area (Å²) in [5.41, 5.74) is 0. The molecule has 1 saturated heterocycles. The molecule has 2 atom stereocenters. The summed E-state index contributed by atoms with van der Waals surface area (Å²) in [5.74, 6) is 0.111. The van der Waals surface area contributed by atoms with E-state index in [4.69, 9.17) is 0 Å². The number of hydrogen-bond acceptors (Lipinski definition) is 4. The Hall–Kier alpha value is -0.810. The molecule has 0 aromatic heterocycles. The standard InChI is InChI=1S/C11H20N2O3.ClH/c1-8(11(15)16-2)13-10(14)4-3-9-5-6-12-7-9;/h8-9,12H,3-7H2,1-2H3,(H,13,14);1H/t8-,9?;/m1./s1. The molecule has 0 radical (unpaired) electrons. The van der Waals surface area contributed by atoms with Gasteiger partial charge >= 0.3 is 5.97 Å². The van der Waals surface area contributed by atoms with Gasteiger partial charge in [-0.3, -0.25) is 4.79 Å². The van der Waals surface area contributed by atoms with Crippen molar-refractivity contribution in [2.75, 3.05) is 20.2 Å². The van der Waals surface area contributed by atoms with E-state index >= 15 is 0 Å². The van der Waals surface area contributed by atoms with Crippen molar-refractivity contribution in [1.82, 2.24) is 10.6 Å². The highest BCUT2D eigenvalue weighted by Crippen LogP contribution is 2.13. The molecule has 2 N–H and O–H groups in total. The largest absolute Gasteiger partial charge is 0.467 e. The van der Waals surface area contributed by atoms with Gasteiger partial charge in [-0.2, -0.15) is 0 Å². The van der Waals surface area contributed by atoms with E-state index in [9.17, 15) is 9.59 Å². The second-order valence-corrected chi connectivity index (χ2v) is 4.21. The molecule has 1 aliphatic heterocycles. The Labute approximate surface area is 108 Å². The fraction of sp³-hybridized carbons (Fsp3) is 0.818. The van der Waals surface area contributed by atoms with Gasteiger partial charge in [0.2, 0.25) is 5.91 Å². The van der Waals surface area contributed by atoms with Crippen LogP contribution < -0.4 is 10.6 Å². The average molecular weight is 265 g/mol. The topological polar surface area (TPSA) is 67.4 Å². The predicted molar refractivity (Wildman–Crippen MR) is 67.1 cm³/mol. The first-order valence-electron chi connectivity index (χ1n) is 5.71. The zero-order valence-electron chi connectivity index (χ0n) is 10.3. The van der Waals surface area contributed by atoms with Gasteiger partial charge in [0.25, 0.3) is 0 Å². The molecule has 1 unspecified atom stereocenters. The van der Waals surface area contributed by atoms with Gasteiger partial charge in [0, 0.05) is 6.42 Å². The first-order valence-corrected chi connectivity index (χ1v) is 5.71. The van der Waals surface area contributed by atoms with E-state index < -0.39 is 12.0 Å². The summed E-state index contributed by atoms with van der Waals surface area (Å²) in [6.45, 7) is 3.67. The van der Waals surface area contributed by atoms with E-state index in [1.165, 1.54) is 7.11 Å². The Balaban J connectivity index is 0.00000256. The van der Waals surface area contributed by atoms with Crippen LogP contribution in [0.4, 0.5) is 0 Å². The van der Waals surface area contributed by atoms with Crippen molar-refractivity contribution in [2.45, 2.75) is 32.2 Å². The molecule has 0 bridgehead atoms. The van der Waals surface area contributed by atoms with E-state index in [0.29, 0.717) is 12.3 Å². The lowest BCUT2D eigenvalue weighted by atomic mass is 10.0. The van der Waals surface area contributed by atoms with Crippen LogP contribution in [0.25, 0.3) is 0 Å². The third-order valence-electron chi connectivity index (χ3n) is 2.87. The second kappa shape index (κ2) is 8.31. The molecule has 0 aromatic carbocycles. The molecule has 100 valence electrons. The molecule has 17 heavy (non-hydrogen) atoms. The molecule has 1 fully saturated rings. The van der Waals surface area contributed by atoms with Crippen LogP contribution in [0.3, 0.4) is 0 Å². The van der Waals surface area contributed by atoms with Gasteiger partial charge < -0.3 is 15.4 Å². The Kier molecular flexibility index (Phi) is 7.91. The van der Waals surface area contributed by atoms with Gasteiger partial charge in [-0.25, -0.2) is 4.79 Å². The lowest BCUT2D eigenvalue weighted by Crippen LogP contribution is -2.39. The zero-order valence-corrected chi connectivity index (χ0v) is 11.1. The van der Waals surface area contributed by atoms with Crippen LogP contribution in [0.15, 0.2) is 0 Å². The number of amides is 1. The molecule has 6 heteroatoms. The first kappa shape index (κ1) is 16.2. The van der Waals surface area contributed by atoms with Crippen LogP contribution in [0.5, 0.6) is 0 Å². The van der Waals surface area contributed by atoms with Gasteiger partial charge in [-0.05, 0) is 38.8 Å². The maximum absolute atomic E-state index is 11.5. The van der Waals surface area contributed by atoms with Crippen LogP contribution in [-0.4, -0.2) is 38.1 Å². The summed E-state index contributed by atoms with van der Waals surface area (Å²) < 4.78 is 4.53. The fourth-order valence-corrected chi connectivity index (χ4v) is 1.85. The predicted octanol–water partition coefficient (Wildman–Crippen LogP) is 0.476. The Morgan fingerprint density at radius 3 is 2.76 bits per heavy atom. The Morgan fingerprint density at radius 1 is 1.53 bits per heavy atom. The third kappa shape index (κ3) is 5.89. The summed E-state index contributed by atoms with van der Waals surface area (Å²) >= 11 is 0. The number of methoxy groups -OCH3 is 1. The molecule has 0 saturated carbocycles. The number of esters is 1. The number of halogens is 1. The highest BCUT2D eigenvalue weighted by molar-refractivity contribution is 5.85. The summed E-state index contributed by atoms with van der Waals surface area (Å²) in [6.07, 6.45) is 2.50. The van der Waals surface area contributed by atoms with Crippen LogP contribution in [-0.2, 0) is 14.3 Å². The van der Waals surface area contributed by atoms with Crippen molar-refractivity contribution < 1.29 is 14.3 Å². The van der Waals surface area contributed by atoms with Crippen molar-refractivity contribution >= 4 is 24.3 Å². The molecule has 5 nitrogen and oxygen atoms in total. The lowest BCUT2D eigenvalue weighted by Gasteiger charge is -2.12. The molecule has 0 spiro atoms. The summed E-state index contributed by atoms with van der Waals surface area (Å²) in [7, 11) is 1.31. The fourth-order valence-electron chi connectivity index (χ4n) is 1.85. The molecule has 1 amide bonds. The SMILES string of the molecule is COC(=O)[C@@H](C)NC(=O)CCC1CCNC1.Cl. The van der Waals surface area contributed by atoms with Crippen LogP contribution in [0.2, 0.25) is 0 Å². The average Bonchev–Trinajstić information content (AvgIpc) is 2.78. The molecule has 1 aliphatic rings. The molecular weight excluding hydrogens is 244 g/mol. The maximum Gasteiger partial charge on any atom is 0.328 e. The first-order chi connectivity index (χ1) is 7.63. The van der Waals surface area contributed by atoms with Crippen molar-refractivity contribution in [3.05, 3.63) is 0 Å². The van der Waals surface area contributed by atoms with Gasteiger partial charge in [-0.1, -0.05) is 0 Å². The van der Waals surface area contributed by atoms with E-state index in [0.717, 1.165) is 25.9 Å². The van der Waals surface area contributed by atoms with Crippen molar-refractivity contribution in [3.8, 4) is 0 Å². The minimum absolute atomic E-state index is 0. The van der Waals surface area contributed by atoms with Crippen molar-refractivity contribution in [3.63, 3.8) is 0 Å². The molecule has 0 aliphatic carbocycles. The highest BCUT2D eigenvalue weighted by atomic mass is 35.5. The monoisotopic (exact) mass is 264 g/mol. The minimum Gasteiger partial charge on any atom is -0.467 e. The Bertz CT molecular complexity index is 255. The quantitative estimate of drug-likeness (QED) is 0.709. The van der Waals surface area contributed by atoms with E-state index in [1.54, 1.807) is 6.92 Å². The van der Waals surface area contributed by atoms with E-state index in [1.807, 2.05) is 0 Å². The summed E-state index contributed by atoms with van der Waals surface area (Å²) in [6, 6.07) is -0.556. The molecule has 0 aromatic rings. The smallest absolute Gasteiger partial charge is 0.328 e. The normalized spacial score (nSPS) is 20.2. The van der Waals surface area contributed by atoms with Crippen molar-refractivity contribution in [2.24, 2.45) is 5.92 Å². The van der Waals surface area contributed by atoms with Crippen molar-refractivity contribution in [1.29, 1.82) is 0 Å². The second-order valence-electron chi connectivity index (χ2n) is 4.21. The third-order valence-corrected chi connectivity index (χ3v) is 2.87. The summed E-state index contributed by atoms with van der Waals surface area (Å²) in [4.78, 5) is 22.6. The summed E-state index contributed by atoms with van der Waals surface area (Å²) in [5, 5.41) is 5.88. The van der Waals surface area contributed by atoms with Gasteiger partial charge in [0.15, 0.2) is 0 Å². The number of nitrogens with one attached hydrogen (secondary N) is 2. The van der Waals surface area contributed by atoms with Gasteiger partial charge in [-0.15, -0.1) is 12.4 Å². The van der Waals surface area contributed by atoms with Crippen LogP contribution in [0, 0.1) is 5.92 Å².